The second-order valence-corrected chi connectivity index (χ2v) is 6.16. The molecule has 0 saturated heterocycles. The van der Waals surface area contributed by atoms with Crippen molar-refractivity contribution in [2.24, 2.45) is 5.14 Å². The molecule has 2 rings (SSSR count). The Labute approximate surface area is 131 Å². The molecule has 0 spiro atoms. The van der Waals surface area contributed by atoms with Crippen LogP contribution in [0.5, 0.6) is 0 Å². The molecule has 2 aromatic rings. The number of carbonyl (C=O) groups excluding carboxylic acids is 1. The summed E-state index contributed by atoms with van der Waals surface area (Å²) in [5.41, 5.74) is 0.623. The number of nitrogens with one attached hydrogen (secondary N) is 2. The summed E-state index contributed by atoms with van der Waals surface area (Å²) in [5.74, 6) is -2.44. The number of primary sulfonamides is 1. The largest absolute Gasteiger partial charge is 0.376 e. The molecule has 0 fully saturated rings. The summed E-state index contributed by atoms with van der Waals surface area (Å²) < 4.78 is 48.0. The van der Waals surface area contributed by atoms with Crippen LogP contribution in [0.2, 0.25) is 0 Å². The third-order valence-electron chi connectivity index (χ3n) is 2.84. The number of rotatable bonds is 5. The SMILES string of the molecule is NS(=O)(=O)c1ccc(NC(=O)CNc2ccc(F)c(F)c2)cc1. The summed E-state index contributed by atoms with van der Waals surface area (Å²) >= 11 is 0. The minimum Gasteiger partial charge on any atom is -0.376 e. The minimum absolute atomic E-state index is 0.0737. The maximum Gasteiger partial charge on any atom is 0.243 e. The number of benzene rings is 2. The lowest BCUT2D eigenvalue weighted by Crippen LogP contribution is -2.22. The molecule has 4 N–H and O–H groups in total. The molecule has 122 valence electrons. The zero-order valence-corrected chi connectivity index (χ0v) is 12.5. The highest BCUT2D eigenvalue weighted by molar-refractivity contribution is 7.89. The Morgan fingerprint density at radius 1 is 1.00 bits per heavy atom. The van der Waals surface area contributed by atoms with Crippen molar-refractivity contribution in [2.45, 2.75) is 4.90 Å². The smallest absolute Gasteiger partial charge is 0.243 e. The number of nitrogens with two attached hydrogens (primary N) is 1. The normalized spacial score (nSPS) is 11.1. The third-order valence-corrected chi connectivity index (χ3v) is 3.77. The molecule has 1 amide bonds. The Balaban J connectivity index is 1.93. The maximum atomic E-state index is 13.0. The topological polar surface area (TPSA) is 101 Å². The summed E-state index contributed by atoms with van der Waals surface area (Å²) in [6, 6.07) is 8.46. The summed E-state index contributed by atoms with van der Waals surface area (Å²) in [4.78, 5) is 11.7. The van der Waals surface area contributed by atoms with Gasteiger partial charge in [0.05, 0.1) is 11.4 Å². The van der Waals surface area contributed by atoms with Crippen LogP contribution < -0.4 is 15.8 Å². The molecule has 6 nitrogen and oxygen atoms in total. The Bertz CT molecular complexity index is 824. The van der Waals surface area contributed by atoms with Gasteiger partial charge in [-0.25, -0.2) is 22.3 Å². The molecule has 0 radical (unpaired) electrons. The van der Waals surface area contributed by atoms with Gasteiger partial charge >= 0.3 is 0 Å². The van der Waals surface area contributed by atoms with Gasteiger partial charge in [-0.3, -0.25) is 4.79 Å². The van der Waals surface area contributed by atoms with Crippen LogP contribution >= 0.6 is 0 Å². The van der Waals surface area contributed by atoms with Gasteiger partial charge in [0, 0.05) is 17.4 Å². The third kappa shape index (κ3) is 4.73. The van der Waals surface area contributed by atoms with Gasteiger partial charge in [0.1, 0.15) is 0 Å². The summed E-state index contributed by atoms with van der Waals surface area (Å²) in [7, 11) is -3.79. The van der Waals surface area contributed by atoms with Crippen LogP contribution in [0.25, 0.3) is 0 Å². The average molecular weight is 341 g/mol. The molecule has 0 bridgehead atoms. The van der Waals surface area contributed by atoms with Gasteiger partial charge in [0.25, 0.3) is 0 Å². The van der Waals surface area contributed by atoms with Gasteiger partial charge < -0.3 is 10.6 Å². The van der Waals surface area contributed by atoms with Gasteiger partial charge in [-0.1, -0.05) is 0 Å². The van der Waals surface area contributed by atoms with Crippen molar-refractivity contribution in [1.29, 1.82) is 0 Å². The number of sulfonamides is 1. The molecule has 0 aliphatic heterocycles. The lowest BCUT2D eigenvalue weighted by molar-refractivity contribution is -0.114. The first-order valence-electron chi connectivity index (χ1n) is 6.37. The summed E-state index contributed by atoms with van der Waals surface area (Å²) in [6.45, 7) is -0.179. The first-order chi connectivity index (χ1) is 10.8. The Morgan fingerprint density at radius 2 is 1.61 bits per heavy atom. The molecule has 0 aliphatic rings. The van der Waals surface area contributed by atoms with Crippen LogP contribution in [0.3, 0.4) is 0 Å². The van der Waals surface area contributed by atoms with Crippen LogP contribution in [0.4, 0.5) is 20.2 Å². The van der Waals surface area contributed by atoms with E-state index in [-0.39, 0.29) is 17.1 Å². The predicted octanol–water partition coefficient (Wildman–Crippen LogP) is 1.66. The fraction of sp³-hybridized carbons (Fsp3) is 0.0714. The molecule has 23 heavy (non-hydrogen) atoms. The monoisotopic (exact) mass is 341 g/mol. The lowest BCUT2D eigenvalue weighted by Gasteiger charge is -2.08. The molecule has 0 unspecified atom stereocenters. The molecular formula is C14H13F2N3O3S. The van der Waals surface area contributed by atoms with Crippen LogP contribution in [0, 0.1) is 11.6 Å². The molecule has 0 saturated carbocycles. The van der Waals surface area contributed by atoms with E-state index < -0.39 is 27.6 Å². The van der Waals surface area contributed by atoms with Crippen molar-refractivity contribution < 1.29 is 22.0 Å². The first kappa shape index (κ1) is 16.8. The fourth-order valence-electron chi connectivity index (χ4n) is 1.72. The van der Waals surface area contributed by atoms with Crippen LogP contribution in [-0.4, -0.2) is 20.9 Å². The summed E-state index contributed by atoms with van der Waals surface area (Å²) in [5, 5.41) is 10.1. The van der Waals surface area contributed by atoms with Gasteiger partial charge in [0.15, 0.2) is 11.6 Å². The van der Waals surface area contributed by atoms with Crippen molar-refractivity contribution in [3.05, 3.63) is 54.1 Å². The molecular weight excluding hydrogens is 328 g/mol. The van der Waals surface area contributed by atoms with E-state index in [0.717, 1.165) is 12.1 Å². The van der Waals surface area contributed by atoms with Crippen molar-refractivity contribution in [3.8, 4) is 0 Å². The molecule has 0 atom stereocenters. The zero-order valence-electron chi connectivity index (χ0n) is 11.7. The van der Waals surface area contributed by atoms with E-state index in [9.17, 15) is 22.0 Å². The van der Waals surface area contributed by atoms with Crippen molar-refractivity contribution in [2.75, 3.05) is 17.2 Å². The van der Waals surface area contributed by atoms with Gasteiger partial charge in [-0.05, 0) is 36.4 Å². The fourth-order valence-corrected chi connectivity index (χ4v) is 2.24. The van der Waals surface area contributed by atoms with Crippen molar-refractivity contribution in [3.63, 3.8) is 0 Å². The van der Waals surface area contributed by atoms with E-state index in [1.54, 1.807) is 0 Å². The highest BCUT2D eigenvalue weighted by atomic mass is 32.2. The van der Waals surface area contributed by atoms with Crippen LogP contribution in [0.15, 0.2) is 47.4 Å². The molecule has 0 heterocycles. The second kappa shape index (κ2) is 6.71. The van der Waals surface area contributed by atoms with Gasteiger partial charge in [-0.15, -0.1) is 0 Å². The van der Waals surface area contributed by atoms with Crippen molar-refractivity contribution in [1.82, 2.24) is 0 Å². The molecule has 0 aromatic heterocycles. The average Bonchev–Trinajstić information content (AvgIpc) is 2.48. The number of hydrogen-bond donors (Lipinski definition) is 3. The Morgan fingerprint density at radius 3 is 2.17 bits per heavy atom. The number of carbonyl (C=O) groups is 1. The molecule has 2 aromatic carbocycles. The minimum atomic E-state index is -3.79. The number of anilines is 2. The molecule has 9 heteroatoms. The van der Waals surface area contributed by atoms with E-state index in [0.29, 0.717) is 5.69 Å². The highest BCUT2D eigenvalue weighted by Gasteiger charge is 2.08. The van der Waals surface area contributed by atoms with Crippen LogP contribution in [0.1, 0.15) is 0 Å². The van der Waals surface area contributed by atoms with E-state index in [1.807, 2.05) is 0 Å². The Hall–Kier alpha value is -2.52. The van der Waals surface area contributed by atoms with Crippen LogP contribution in [-0.2, 0) is 14.8 Å². The second-order valence-electron chi connectivity index (χ2n) is 4.60. The number of halogens is 2. The quantitative estimate of drug-likeness (QED) is 0.770. The van der Waals surface area contributed by atoms with E-state index in [2.05, 4.69) is 10.6 Å². The highest BCUT2D eigenvalue weighted by Crippen LogP contribution is 2.14. The predicted molar refractivity (Wildman–Crippen MR) is 81.3 cm³/mol. The van der Waals surface area contributed by atoms with Gasteiger partial charge in [0.2, 0.25) is 15.9 Å². The standard InChI is InChI=1S/C14H13F2N3O3S/c15-12-6-3-10(7-13(12)16)18-8-14(20)19-9-1-4-11(5-2-9)23(17,21)22/h1-7,18H,8H2,(H,19,20)(H2,17,21,22). The molecule has 0 aliphatic carbocycles. The van der Waals surface area contributed by atoms with E-state index in [1.165, 1.54) is 30.3 Å². The van der Waals surface area contributed by atoms with Gasteiger partial charge in [-0.2, -0.15) is 0 Å². The number of hydrogen-bond acceptors (Lipinski definition) is 4. The summed E-state index contributed by atoms with van der Waals surface area (Å²) in [6.07, 6.45) is 0. The van der Waals surface area contributed by atoms with E-state index >= 15 is 0 Å². The van der Waals surface area contributed by atoms with E-state index in [4.69, 9.17) is 5.14 Å². The zero-order chi connectivity index (χ0) is 17.0. The lowest BCUT2D eigenvalue weighted by atomic mass is 10.3. The van der Waals surface area contributed by atoms with Crippen molar-refractivity contribution >= 4 is 27.3 Å². The first-order valence-corrected chi connectivity index (χ1v) is 7.92. The Kier molecular flexibility index (Phi) is 4.92. The maximum absolute atomic E-state index is 13.0. The number of amides is 1.